The lowest BCUT2D eigenvalue weighted by Gasteiger charge is -2.36. The summed E-state index contributed by atoms with van der Waals surface area (Å²) in [6.45, 7) is 4.30. The number of hydrogen-bond acceptors (Lipinski definition) is 5. The lowest BCUT2D eigenvalue weighted by atomic mass is 10.0. The van der Waals surface area contributed by atoms with Crippen molar-refractivity contribution in [3.63, 3.8) is 0 Å². The molecule has 1 heterocycles. The molecule has 0 aromatic rings. The van der Waals surface area contributed by atoms with E-state index in [-0.39, 0.29) is 12.7 Å². The molecular formula is C31H55N3O4. The maximum Gasteiger partial charge on any atom is 0.407 e. The summed E-state index contributed by atoms with van der Waals surface area (Å²) < 4.78 is 10.3. The Kier molecular flexibility index (Phi) is 17.5. The van der Waals surface area contributed by atoms with E-state index in [1.807, 2.05) is 6.08 Å². The van der Waals surface area contributed by atoms with Crippen LogP contribution < -0.4 is 10.6 Å². The molecule has 0 bridgehead atoms. The van der Waals surface area contributed by atoms with Gasteiger partial charge in [-0.2, -0.15) is 0 Å². The summed E-state index contributed by atoms with van der Waals surface area (Å²) in [6, 6.07) is 0.471. The molecule has 0 spiro atoms. The smallest absolute Gasteiger partial charge is 0.407 e. The highest BCUT2D eigenvalue weighted by Gasteiger charge is 2.27. The summed E-state index contributed by atoms with van der Waals surface area (Å²) in [5.41, 5.74) is 1.95. The minimum Gasteiger partial charge on any atom is -0.453 e. The number of nitrogens with zero attached hydrogens (tertiary/aromatic N) is 1. The fourth-order valence-electron chi connectivity index (χ4n) is 5.56. The molecule has 1 aliphatic carbocycles. The van der Waals surface area contributed by atoms with Crippen molar-refractivity contribution >= 4 is 12.2 Å². The summed E-state index contributed by atoms with van der Waals surface area (Å²) in [7, 11) is 1.37. The molecular weight excluding hydrogens is 478 g/mol. The van der Waals surface area contributed by atoms with E-state index < -0.39 is 6.09 Å². The summed E-state index contributed by atoms with van der Waals surface area (Å²) in [5.74, 6) is 0. The Hall–Kier alpha value is -2.18. The molecule has 218 valence electrons. The van der Waals surface area contributed by atoms with E-state index in [0.29, 0.717) is 19.1 Å². The van der Waals surface area contributed by atoms with Gasteiger partial charge in [-0.25, -0.2) is 9.59 Å². The largest absolute Gasteiger partial charge is 0.453 e. The predicted molar refractivity (Wildman–Crippen MR) is 155 cm³/mol. The van der Waals surface area contributed by atoms with E-state index in [1.165, 1.54) is 97.0 Å². The monoisotopic (exact) mass is 533 g/mol. The standard InChI is InChI=1S/C31H55N3O4/c1-3-4-5-6-7-8-9-10-11-12-13-14-15-18-23-32-31(36)38-26-27-20-19-24-34(28-21-16-17-22-28)29(27)25-33-30(35)37-2/h19-20,28H,3-18,21-26H2,1-2H3,(H,32,36)(H,33,35). The van der Waals surface area contributed by atoms with Crippen molar-refractivity contribution in [1.82, 2.24) is 15.5 Å². The second kappa shape index (κ2) is 20.7. The number of unbranched alkanes of at least 4 members (excludes halogenated alkanes) is 13. The summed E-state index contributed by atoms with van der Waals surface area (Å²) in [6.07, 6.45) is 26.6. The van der Waals surface area contributed by atoms with Crippen LogP contribution in [0.15, 0.2) is 23.4 Å². The number of carbonyl (C=O) groups excluding carboxylic acids is 2. The fraction of sp³-hybridized carbons (Fsp3) is 0.806. The molecule has 0 aromatic heterocycles. The van der Waals surface area contributed by atoms with Gasteiger partial charge in [0.25, 0.3) is 0 Å². The Morgan fingerprint density at radius 2 is 1.42 bits per heavy atom. The summed E-state index contributed by atoms with van der Waals surface area (Å²) >= 11 is 0. The van der Waals surface area contributed by atoms with Gasteiger partial charge in [0.05, 0.1) is 13.7 Å². The normalized spacial score (nSPS) is 15.7. The number of hydrogen-bond donors (Lipinski definition) is 2. The van der Waals surface area contributed by atoms with Crippen LogP contribution in [-0.2, 0) is 9.47 Å². The SMILES string of the molecule is CCCCCCCCCCCCCCCCNC(=O)OCC1=C(CNC(=O)OC)N(C2CCCC2)CC=C1. The Balaban J connectivity index is 1.56. The van der Waals surface area contributed by atoms with Gasteiger partial charge in [-0.1, -0.05) is 115 Å². The second-order valence-electron chi connectivity index (χ2n) is 10.9. The van der Waals surface area contributed by atoms with Crippen LogP contribution in [0, 0.1) is 0 Å². The van der Waals surface area contributed by atoms with Crippen molar-refractivity contribution in [2.45, 2.75) is 129 Å². The van der Waals surface area contributed by atoms with E-state index in [1.54, 1.807) is 0 Å². The van der Waals surface area contributed by atoms with E-state index >= 15 is 0 Å². The highest BCUT2D eigenvalue weighted by atomic mass is 16.5. The van der Waals surface area contributed by atoms with Gasteiger partial charge in [-0.05, 0) is 19.3 Å². The van der Waals surface area contributed by atoms with Gasteiger partial charge >= 0.3 is 12.2 Å². The van der Waals surface area contributed by atoms with Crippen LogP contribution in [0.25, 0.3) is 0 Å². The molecule has 7 nitrogen and oxygen atoms in total. The van der Waals surface area contributed by atoms with Crippen molar-refractivity contribution in [3.8, 4) is 0 Å². The lowest BCUT2D eigenvalue weighted by molar-refractivity contribution is 0.153. The maximum absolute atomic E-state index is 12.3. The van der Waals surface area contributed by atoms with Crippen molar-refractivity contribution in [2.75, 3.05) is 33.4 Å². The van der Waals surface area contributed by atoms with Crippen LogP contribution in [0.2, 0.25) is 0 Å². The van der Waals surface area contributed by atoms with E-state index in [9.17, 15) is 9.59 Å². The molecule has 1 fully saturated rings. The van der Waals surface area contributed by atoms with E-state index in [0.717, 1.165) is 43.5 Å². The highest BCUT2D eigenvalue weighted by molar-refractivity contribution is 5.68. The third-order valence-electron chi connectivity index (χ3n) is 7.85. The molecule has 0 radical (unpaired) electrons. The molecule has 0 unspecified atom stereocenters. The minimum absolute atomic E-state index is 0.197. The lowest BCUT2D eigenvalue weighted by Crippen LogP contribution is -2.41. The van der Waals surface area contributed by atoms with Crippen LogP contribution in [-0.4, -0.2) is 56.5 Å². The van der Waals surface area contributed by atoms with Crippen LogP contribution in [0.4, 0.5) is 9.59 Å². The van der Waals surface area contributed by atoms with E-state index in [2.05, 4.69) is 28.5 Å². The molecule has 2 amide bonds. The van der Waals surface area contributed by atoms with Crippen LogP contribution in [0.1, 0.15) is 122 Å². The topological polar surface area (TPSA) is 79.9 Å². The highest BCUT2D eigenvalue weighted by Crippen LogP contribution is 2.29. The average Bonchev–Trinajstić information content (AvgIpc) is 3.47. The zero-order chi connectivity index (χ0) is 27.3. The number of amides is 2. The molecule has 2 rings (SSSR count). The van der Waals surface area contributed by atoms with Gasteiger partial charge in [-0.15, -0.1) is 0 Å². The zero-order valence-electron chi connectivity index (χ0n) is 24.4. The first-order chi connectivity index (χ1) is 18.7. The Bertz CT molecular complexity index is 716. The third-order valence-corrected chi connectivity index (χ3v) is 7.85. The molecule has 0 saturated heterocycles. The van der Waals surface area contributed by atoms with Gasteiger partial charge in [0.1, 0.15) is 6.61 Å². The first kappa shape index (κ1) is 32.0. The van der Waals surface area contributed by atoms with Crippen molar-refractivity contribution < 1.29 is 19.1 Å². The minimum atomic E-state index is -0.454. The molecule has 2 aliphatic rings. The maximum atomic E-state index is 12.3. The molecule has 38 heavy (non-hydrogen) atoms. The number of alkyl carbamates (subject to hydrolysis) is 2. The fourth-order valence-corrected chi connectivity index (χ4v) is 5.56. The van der Waals surface area contributed by atoms with Crippen molar-refractivity contribution in [3.05, 3.63) is 23.4 Å². The Morgan fingerprint density at radius 1 is 0.842 bits per heavy atom. The first-order valence-corrected chi connectivity index (χ1v) is 15.5. The van der Waals surface area contributed by atoms with Gasteiger partial charge in [0, 0.05) is 30.4 Å². The number of methoxy groups -OCH3 is 1. The molecule has 0 aromatic carbocycles. The van der Waals surface area contributed by atoms with Crippen LogP contribution in [0.5, 0.6) is 0 Å². The van der Waals surface area contributed by atoms with E-state index in [4.69, 9.17) is 9.47 Å². The van der Waals surface area contributed by atoms with Gasteiger partial charge in [-0.3, -0.25) is 0 Å². The number of rotatable bonds is 20. The molecule has 0 atom stereocenters. The second-order valence-corrected chi connectivity index (χ2v) is 10.9. The summed E-state index contributed by atoms with van der Waals surface area (Å²) in [5, 5.41) is 5.70. The number of ether oxygens (including phenoxy) is 2. The molecule has 2 N–H and O–H groups in total. The third kappa shape index (κ3) is 13.6. The van der Waals surface area contributed by atoms with Crippen molar-refractivity contribution in [2.24, 2.45) is 0 Å². The average molecular weight is 534 g/mol. The molecule has 1 saturated carbocycles. The predicted octanol–water partition coefficient (Wildman–Crippen LogP) is 7.62. The zero-order valence-corrected chi connectivity index (χ0v) is 24.4. The van der Waals surface area contributed by atoms with Gasteiger partial charge < -0.3 is 25.0 Å². The van der Waals surface area contributed by atoms with Crippen LogP contribution in [0.3, 0.4) is 0 Å². The number of carbonyl (C=O) groups is 2. The van der Waals surface area contributed by atoms with Gasteiger partial charge in [0.15, 0.2) is 0 Å². The molecule has 7 heteroatoms. The van der Waals surface area contributed by atoms with Crippen LogP contribution >= 0.6 is 0 Å². The Labute approximate surface area is 232 Å². The van der Waals surface area contributed by atoms with Crippen molar-refractivity contribution in [1.29, 1.82) is 0 Å². The first-order valence-electron chi connectivity index (χ1n) is 15.5. The quantitative estimate of drug-likeness (QED) is 0.157. The molecule has 1 aliphatic heterocycles. The Morgan fingerprint density at radius 3 is 2.00 bits per heavy atom. The summed E-state index contributed by atoms with van der Waals surface area (Å²) in [4.78, 5) is 26.3. The number of nitrogens with one attached hydrogen (secondary N) is 2. The van der Waals surface area contributed by atoms with Gasteiger partial charge in [0.2, 0.25) is 0 Å².